The molecule has 3 N–H and O–H groups in total. The largest absolute Gasteiger partial charge is 0.490 e. The average Bonchev–Trinajstić information content (AvgIpc) is 3.86. The van der Waals surface area contributed by atoms with Gasteiger partial charge in [-0.3, -0.25) is 18.7 Å². The fraction of sp³-hybridized carbons (Fsp3) is 0.243. The number of imidazole rings is 1. The van der Waals surface area contributed by atoms with E-state index in [0.29, 0.717) is 34.2 Å². The number of aromatic nitrogens is 3. The molecule has 3 heterocycles. The lowest BCUT2D eigenvalue weighted by atomic mass is 10.0. The Morgan fingerprint density at radius 2 is 1.79 bits per heavy atom. The van der Waals surface area contributed by atoms with E-state index in [1.165, 1.54) is 4.57 Å². The highest BCUT2D eigenvalue weighted by Crippen LogP contribution is 2.29. The number of benzene rings is 3. The highest BCUT2D eigenvalue weighted by atomic mass is 79.9. The van der Waals surface area contributed by atoms with Crippen LogP contribution >= 0.6 is 15.9 Å². The summed E-state index contributed by atoms with van der Waals surface area (Å²) in [6.07, 6.45) is 2.29. The second kappa shape index (κ2) is 12.8. The van der Waals surface area contributed by atoms with Crippen LogP contribution in [0.25, 0.3) is 16.9 Å². The van der Waals surface area contributed by atoms with Crippen LogP contribution in [0.2, 0.25) is 0 Å². The summed E-state index contributed by atoms with van der Waals surface area (Å²) in [4.78, 5) is 48.4. The van der Waals surface area contributed by atoms with E-state index in [9.17, 15) is 14.4 Å². The van der Waals surface area contributed by atoms with Crippen LogP contribution in [0.5, 0.6) is 5.75 Å². The first kappa shape index (κ1) is 31.4. The zero-order chi connectivity index (χ0) is 33.5. The van der Waals surface area contributed by atoms with Gasteiger partial charge in [-0.1, -0.05) is 46.3 Å². The van der Waals surface area contributed by atoms with Gasteiger partial charge in [0.25, 0.3) is 11.8 Å². The molecule has 0 bridgehead atoms. The van der Waals surface area contributed by atoms with Gasteiger partial charge in [0.15, 0.2) is 0 Å². The number of nitrogens with zero attached hydrogens (tertiary/aromatic N) is 4. The molecule has 1 saturated carbocycles. The van der Waals surface area contributed by atoms with Crippen LogP contribution in [0.15, 0.2) is 94.2 Å². The summed E-state index contributed by atoms with van der Waals surface area (Å²) < 4.78 is 9.91. The number of aryl methyl sites for hydroxylation is 1. The maximum Gasteiger partial charge on any atom is 0.333 e. The highest BCUT2D eigenvalue weighted by Gasteiger charge is 2.35. The molecule has 2 aromatic heterocycles. The summed E-state index contributed by atoms with van der Waals surface area (Å²) >= 11 is 3.51. The van der Waals surface area contributed by atoms with E-state index < -0.39 is 5.91 Å². The Labute approximate surface area is 286 Å². The second-order valence-electron chi connectivity index (χ2n) is 12.4. The number of carbonyl (C=O) groups excluding carboxylic acids is 2. The standard InChI is InChI=1S/C37H35BrN6O4/c1-22-18-24(10-17-30(22)38)36(46)42-21-32-34(35(45)40-19-25-6-3-4-7-29(25)31-8-5-9-33(39)41-31)44(37(47)43(32)20-23(42)2)26-11-13-27(14-12-26)48-28-15-16-28/h3-14,17-18,23,28H,15-16,19-21H2,1-2H3,(H2,39,41)(H,40,45)/t23-/m0/s1. The Morgan fingerprint density at radius 1 is 1.02 bits per heavy atom. The van der Waals surface area contributed by atoms with Gasteiger partial charge in [0.2, 0.25) is 0 Å². The third kappa shape index (κ3) is 6.13. The Bertz CT molecular complexity index is 2100. The summed E-state index contributed by atoms with van der Waals surface area (Å²) in [5.41, 5.74) is 10.7. The molecule has 48 heavy (non-hydrogen) atoms. The summed E-state index contributed by atoms with van der Waals surface area (Å²) in [6, 6.07) is 25.5. The van der Waals surface area contributed by atoms with E-state index in [-0.39, 0.29) is 49.1 Å². The SMILES string of the molecule is Cc1cc(C(=O)N2Cc3c(C(=O)NCc4ccccc4-c4cccc(N)n4)n(-c4ccc(OC5CC5)cc4)c(=O)n3C[C@@H]2C)ccc1Br. The summed E-state index contributed by atoms with van der Waals surface area (Å²) in [7, 11) is 0. The van der Waals surface area contributed by atoms with Crippen molar-refractivity contribution in [1.29, 1.82) is 0 Å². The molecule has 0 spiro atoms. The van der Waals surface area contributed by atoms with Gasteiger partial charge >= 0.3 is 5.69 Å². The Hall–Kier alpha value is -5.16. The number of halogens is 1. The predicted molar refractivity (Wildman–Crippen MR) is 187 cm³/mol. The number of hydrogen-bond acceptors (Lipinski definition) is 6. The number of carbonyl (C=O) groups is 2. The minimum Gasteiger partial charge on any atom is -0.490 e. The Kier molecular flexibility index (Phi) is 8.38. The zero-order valence-electron chi connectivity index (χ0n) is 26.7. The summed E-state index contributed by atoms with van der Waals surface area (Å²) in [5, 5.41) is 3.06. The van der Waals surface area contributed by atoms with Crippen LogP contribution in [0.1, 0.15) is 57.4 Å². The van der Waals surface area contributed by atoms with E-state index >= 15 is 0 Å². The number of amides is 2. The molecule has 5 aromatic rings. The van der Waals surface area contributed by atoms with Crippen LogP contribution < -0.4 is 21.5 Å². The number of nitrogen functional groups attached to an aromatic ring is 1. The van der Waals surface area contributed by atoms with Gasteiger partial charge < -0.3 is 20.7 Å². The first-order valence-corrected chi connectivity index (χ1v) is 16.7. The van der Waals surface area contributed by atoms with Crippen molar-refractivity contribution in [2.45, 2.75) is 58.5 Å². The molecule has 1 fully saturated rings. The molecule has 1 aliphatic heterocycles. The third-order valence-electron chi connectivity index (χ3n) is 8.85. The molecule has 1 atom stereocenters. The monoisotopic (exact) mass is 706 g/mol. The van der Waals surface area contributed by atoms with Crippen LogP contribution in [-0.2, 0) is 19.6 Å². The first-order chi connectivity index (χ1) is 23.2. The first-order valence-electron chi connectivity index (χ1n) is 16.0. The summed E-state index contributed by atoms with van der Waals surface area (Å²) in [5.74, 6) is 0.513. The van der Waals surface area contributed by atoms with Crippen LogP contribution in [0.3, 0.4) is 0 Å². The van der Waals surface area contributed by atoms with E-state index in [4.69, 9.17) is 10.5 Å². The maximum atomic E-state index is 14.3. The fourth-order valence-electron chi connectivity index (χ4n) is 6.14. The quantitative estimate of drug-likeness (QED) is 0.208. The van der Waals surface area contributed by atoms with Gasteiger partial charge in [-0.2, -0.15) is 0 Å². The van der Waals surface area contributed by atoms with Crippen molar-refractivity contribution in [2.75, 3.05) is 5.73 Å². The lowest BCUT2D eigenvalue weighted by Gasteiger charge is -2.34. The number of rotatable bonds is 8. The number of pyridine rings is 1. The van der Waals surface area contributed by atoms with Gasteiger partial charge in [-0.25, -0.2) is 9.78 Å². The van der Waals surface area contributed by atoms with Gasteiger partial charge in [0.1, 0.15) is 17.3 Å². The van der Waals surface area contributed by atoms with Crippen molar-refractivity contribution < 1.29 is 14.3 Å². The lowest BCUT2D eigenvalue weighted by molar-refractivity contribution is 0.0610. The minimum absolute atomic E-state index is 0.0901. The molecule has 0 unspecified atom stereocenters. The van der Waals surface area contributed by atoms with Crippen molar-refractivity contribution in [3.05, 3.63) is 128 Å². The van der Waals surface area contributed by atoms with E-state index in [0.717, 1.165) is 34.0 Å². The Balaban J connectivity index is 1.26. The van der Waals surface area contributed by atoms with Crippen molar-refractivity contribution in [3.63, 3.8) is 0 Å². The molecule has 244 valence electrons. The van der Waals surface area contributed by atoms with E-state index in [1.54, 1.807) is 33.7 Å². The van der Waals surface area contributed by atoms with Crippen molar-refractivity contribution in [2.24, 2.45) is 0 Å². The van der Waals surface area contributed by atoms with Gasteiger partial charge in [0.05, 0.1) is 29.7 Å². The average molecular weight is 708 g/mol. The number of anilines is 1. The number of ether oxygens (including phenoxy) is 1. The van der Waals surface area contributed by atoms with Crippen LogP contribution in [0.4, 0.5) is 5.82 Å². The normalized spacial score (nSPS) is 15.6. The molecule has 0 radical (unpaired) electrons. The number of hydrogen-bond donors (Lipinski definition) is 2. The van der Waals surface area contributed by atoms with Gasteiger partial charge in [-0.05, 0) is 92.4 Å². The maximum absolute atomic E-state index is 14.3. The summed E-state index contributed by atoms with van der Waals surface area (Å²) in [6.45, 7) is 4.36. The number of fused-ring (bicyclic) bond motifs is 1. The predicted octanol–water partition coefficient (Wildman–Crippen LogP) is 5.87. The number of nitrogens with one attached hydrogen (secondary N) is 1. The molecule has 7 rings (SSSR count). The zero-order valence-corrected chi connectivity index (χ0v) is 28.2. The van der Waals surface area contributed by atoms with E-state index in [2.05, 4.69) is 26.2 Å². The van der Waals surface area contributed by atoms with Crippen molar-refractivity contribution in [1.82, 2.24) is 24.3 Å². The third-order valence-corrected chi connectivity index (χ3v) is 9.74. The lowest BCUT2D eigenvalue weighted by Crippen LogP contribution is -2.47. The topological polar surface area (TPSA) is 124 Å². The Morgan fingerprint density at radius 3 is 2.52 bits per heavy atom. The molecular weight excluding hydrogens is 672 g/mol. The second-order valence-corrected chi connectivity index (χ2v) is 13.2. The molecule has 11 heteroatoms. The van der Waals surface area contributed by atoms with Crippen molar-refractivity contribution in [3.8, 4) is 22.7 Å². The smallest absolute Gasteiger partial charge is 0.333 e. The molecule has 2 aliphatic rings. The highest BCUT2D eigenvalue weighted by molar-refractivity contribution is 9.10. The molecule has 3 aromatic carbocycles. The van der Waals surface area contributed by atoms with Crippen LogP contribution in [-0.4, -0.2) is 43.0 Å². The molecule has 1 aliphatic carbocycles. The molecular formula is C37H35BrN6O4. The van der Waals surface area contributed by atoms with Crippen LogP contribution in [0, 0.1) is 6.92 Å². The van der Waals surface area contributed by atoms with Crippen molar-refractivity contribution >= 4 is 33.6 Å². The number of nitrogens with two attached hydrogens (primary N) is 1. The van der Waals surface area contributed by atoms with Gasteiger partial charge in [-0.15, -0.1) is 0 Å². The van der Waals surface area contributed by atoms with E-state index in [1.807, 2.05) is 74.5 Å². The van der Waals surface area contributed by atoms with Gasteiger partial charge in [0, 0.05) is 34.7 Å². The minimum atomic E-state index is -0.434. The molecule has 0 saturated heterocycles. The molecule has 10 nitrogen and oxygen atoms in total. The fourth-order valence-corrected chi connectivity index (χ4v) is 6.39. The molecule has 2 amide bonds.